The van der Waals surface area contributed by atoms with Crippen molar-refractivity contribution in [3.63, 3.8) is 0 Å². The first-order valence-electron chi connectivity index (χ1n) is 26.0. The van der Waals surface area contributed by atoms with Crippen molar-refractivity contribution in [1.29, 1.82) is 0 Å². The van der Waals surface area contributed by atoms with Gasteiger partial charge in [0, 0.05) is 58.5 Å². The van der Waals surface area contributed by atoms with Crippen molar-refractivity contribution in [1.82, 2.24) is 4.90 Å². The van der Waals surface area contributed by atoms with E-state index >= 15 is 0 Å². The zero-order chi connectivity index (χ0) is 53.3. The van der Waals surface area contributed by atoms with E-state index in [2.05, 4.69) is 0 Å². The second kappa shape index (κ2) is 29.8. The van der Waals surface area contributed by atoms with E-state index in [1.165, 1.54) is 12.0 Å². The Kier molecular flexibility index (Phi) is 25.4. The fourth-order valence-corrected chi connectivity index (χ4v) is 10.9. The predicted octanol–water partition coefficient (Wildman–Crippen LogP) is 7.18. The number of carbonyl (C=O) groups is 6. The highest BCUT2D eigenvalue weighted by Gasteiger charge is 2.53. The lowest BCUT2D eigenvalue weighted by Crippen LogP contribution is -2.61. The molecule has 15 atom stereocenters. The number of aliphatic hydroxyl groups excluding tert-OH is 1. The van der Waals surface area contributed by atoms with E-state index < -0.39 is 77.8 Å². The molecule has 0 aromatic rings. The van der Waals surface area contributed by atoms with Gasteiger partial charge in [0.05, 0.1) is 35.5 Å². The Labute approximate surface area is 441 Å². The first kappa shape index (κ1) is 61.4. The van der Waals surface area contributed by atoms with Crippen LogP contribution in [0.4, 0.5) is 0 Å². The number of allylic oxidation sites excluding steroid dienone is 6. The minimum absolute atomic E-state index is 0.00895. The number of halogens is 1. The van der Waals surface area contributed by atoms with Crippen LogP contribution in [0.25, 0.3) is 0 Å². The fourth-order valence-electron chi connectivity index (χ4n) is 10.7. The van der Waals surface area contributed by atoms with Crippen LogP contribution >= 0.6 is 22.6 Å². The number of methoxy groups -OCH3 is 3. The van der Waals surface area contributed by atoms with E-state index in [0.717, 1.165) is 12.0 Å². The van der Waals surface area contributed by atoms with Crippen LogP contribution in [0.5, 0.6) is 0 Å². The van der Waals surface area contributed by atoms with E-state index in [9.17, 15) is 39.0 Å². The van der Waals surface area contributed by atoms with Gasteiger partial charge in [0.2, 0.25) is 5.79 Å². The van der Waals surface area contributed by atoms with Crippen molar-refractivity contribution in [2.45, 2.75) is 180 Å². The maximum atomic E-state index is 14.5. The van der Waals surface area contributed by atoms with Crippen LogP contribution in [-0.4, -0.2) is 150 Å². The Morgan fingerprint density at radius 3 is 2.29 bits per heavy atom. The van der Waals surface area contributed by atoms with Crippen LogP contribution in [0.3, 0.4) is 0 Å². The number of piperidine rings is 1. The van der Waals surface area contributed by atoms with E-state index in [4.69, 9.17) is 33.2 Å². The molecule has 0 aromatic heterocycles. The van der Waals surface area contributed by atoms with Gasteiger partial charge >= 0.3 is 11.9 Å². The summed E-state index contributed by atoms with van der Waals surface area (Å²) in [4.78, 5) is 84.0. The van der Waals surface area contributed by atoms with Crippen LogP contribution in [0.2, 0.25) is 0 Å². The van der Waals surface area contributed by atoms with Gasteiger partial charge in [-0.15, -0.1) is 0 Å². The summed E-state index contributed by atoms with van der Waals surface area (Å²) in [5.41, 5.74) is 1.25. The zero-order valence-electron chi connectivity index (χ0n) is 44.4. The van der Waals surface area contributed by atoms with Crippen molar-refractivity contribution in [3.8, 4) is 0 Å². The average molecular weight is 1130 g/mol. The number of esters is 2. The molecule has 17 heteroatoms. The summed E-state index contributed by atoms with van der Waals surface area (Å²) in [7, 11) is 4.58. The predicted molar refractivity (Wildman–Crippen MR) is 279 cm³/mol. The van der Waals surface area contributed by atoms with Gasteiger partial charge in [-0.25, -0.2) is 4.79 Å². The number of hydrogen-bond acceptors (Lipinski definition) is 15. The monoisotopic (exact) mass is 1130 g/mol. The second-order valence-electron chi connectivity index (χ2n) is 20.8. The highest BCUT2D eigenvalue weighted by atomic mass is 127. The molecule has 2 saturated heterocycles. The Morgan fingerprint density at radius 1 is 0.875 bits per heavy atom. The molecular formula is C55H84INO15. The number of alkyl halides is 1. The van der Waals surface area contributed by atoms with Crippen molar-refractivity contribution in [2.24, 2.45) is 35.5 Å². The summed E-state index contributed by atoms with van der Waals surface area (Å²) in [5.74, 6) is -8.41. The van der Waals surface area contributed by atoms with Gasteiger partial charge < -0.3 is 48.3 Å². The van der Waals surface area contributed by atoms with E-state index in [1.54, 1.807) is 41.1 Å². The van der Waals surface area contributed by atoms with E-state index in [1.807, 2.05) is 80.7 Å². The molecular weight excluding hydrogens is 1040 g/mol. The maximum Gasteiger partial charge on any atom is 0.329 e. The van der Waals surface area contributed by atoms with E-state index in [-0.39, 0.29) is 84.5 Å². The number of fused-ring (bicyclic) bond motifs is 3. The summed E-state index contributed by atoms with van der Waals surface area (Å²) in [5, 5.41) is 23.5. The number of rotatable bonds is 11. The molecule has 0 spiro atoms. The van der Waals surface area contributed by atoms with Crippen molar-refractivity contribution >= 4 is 57.8 Å². The molecule has 4 aliphatic rings. The van der Waals surface area contributed by atoms with Crippen LogP contribution in [0.15, 0.2) is 47.6 Å². The molecule has 2 bridgehead atoms. The standard InChI is InChI=1S/C55H84INO15/c1-33-16-12-11-13-17-34(2)45(66-8)30-41-21-19-39(7)55(65,72-41)52(62)53(63)57-23-15-14-18-42(57)54(64)71-46(31-43(58)35(3)27-38(6)50(61)51(68-10)49(60)37(5)26-33)36(4)28-40-20-22-44(47(29-40)67-9)69-24-25-70-48(59)32-56/h11-13,16-17,27,33,35-37,39-42,44-47,50-51,61,65H,14-15,18-26,28-32H2,1-10H3/b13-11+,16-12+,34-17+,38-27+/t33-,35-,36-,37-,39-,40+,41+,42+,44?,45?,46+,47?,50?,51?,55?/m1/s1. The normalized spacial score (nSPS) is 37.5. The van der Waals surface area contributed by atoms with Gasteiger partial charge in [0.1, 0.15) is 36.7 Å². The van der Waals surface area contributed by atoms with Gasteiger partial charge in [-0.3, -0.25) is 24.0 Å². The molecule has 1 aliphatic carbocycles. The third-order valence-electron chi connectivity index (χ3n) is 15.2. The molecule has 3 aliphatic heterocycles. The largest absolute Gasteiger partial charge is 0.463 e. The molecule has 1 amide bonds. The summed E-state index contributed by atoms with van der Waals surface area (Å²) < 4.78 is 41.3. The molecule has 4 rings (SSSR count). The molecule has 6 unspecified atom stereocenters. The maximum absolute atomic E-state index is 14.5. The first-order chi connectivity index (χ1) is 34.2. The Morgan fingerprint density at radius 2 is 1.61 bits per heavy atom. The van der Waals surface area contributed by atoms with Crippen LogP contribution < -0.4 is 0 Å². The number of Topliss-reactive ketones (excluding diaryl/α,β-unsaturated/α-hetero) is 3. The lowest BCUT2D eigenvalue weighted by atomic mass is 9.78. The molecule has 406 valence electrons. The molecule has 72 heavy (non-hydrogen) atoms. The van der Waals surface area contributed by atoms with Gasteiger partial charge in [-0.05, 0) is 107 Å². The van der Waals surface area contributed by atoms with Crippen molar-refractivity contribution < 1.29 is 72.1 Å². The summed E-state index contributed by atoms with van der Waals surface area (Å²) >= 11 is 1.94. The van der Waals surface area contributed by atoms with Gasteiger partial charge in [0.25, 0.3) is 11.7 Å². The third kappa shape index (κ3) is 17.2. The van der Waals surface area contributed by atoms with Crippen LogP contribution in [0, 0.1) is 35.5 Å². The quantitative estimate of drug-likeness (QED) is 0.0524. The average Bonchev–Trinajstić information content (AvgIpc) is 3.36. The number of hydrogen-bond donors (Lipinski definition) is 2. The summed E-state index contributed by atoms with van der Waals surface area (Å²) in [6.07, 6.45) is 11.7. The number of ketones is 3. The molecule has 3 fully saturated rings. The number of carbonyl (C=O) groups excluding carboxylic acids is 6. The van der Waals surface area contributed by atoms with Crippen LogP contribution in [0.1, 0.15) is 126 Å². The van der Waals surface area contributed by atoms with Crippen molar-refractivity contribution in [3.05, 3.63) is 47.6 Å². The first-order valence-corrected chi connectivity index (χ1v) is 27.5. The number of ether oxygens (including phenoxy) is 7. The Hall–Kier alpha value is -3.17. The topological polar surface area (TPSA) is 211 Å². The van der Waals surface area contributed by atoms with Gasteiger partial charge in [0.15, 0.2) is 5.78 Å². The number of cyclic esters (lactones) is 1. The van der Waals surface area contributed by atoms with Crippen molar-refractivity contribution in [2.75, 3.05) is 45.5 Å². The second-order valence-corrected chi connectivity index (χ2v) is 21.5. The fraction of sp³-hybridized carbons (Fsp3) is 0.745. The minimum Gasteiger partial charge on any atom is -0.463 e. The number of aliphatic hydroxyl groups is 2. The smallest absolute Gasteiger partial charge is 0.329 e. The summed E-state index contributed by atoms with van der Waals surface area (Å²) in [6, 6.07) is -1.16. The molecule has 16 nitrogen and oxygen atoms in total. The molecule has 1 saturated carbocycles. The SMILES string of the molecule is COC1C[C@@H]2CC[C@@H](C)C(O)(O2)C(=O)C(=O)N2CCCC[C@H]2C(=O)O[C@H]([C@H](C)C[C@@H]2CCC(OCCOC(=O)CI)C(OC)C2)CC(=O)[C@H](C)/C=C(\C)C(O)C(OC)C(=O)[C@H](C)C[C@H](C)/C=C/C=C/C=C/1C. The highest BCUT2D eigenvalue weighted by Crippen LogP contribution is 2.38. The molecule has 3 heterocycles. The molecule has 0 radical (unpaired) electrons. The Balaban J connectivity index is 1.67. The third-order valence-corrected chi connectivity index (χ3v) is 15.9. The molecule has 2 N–H and O–H groups in total. The van der Waals surface area contributed by atoms with Crippen LogP contribution in [-0.2, 0) is 61.9 Å². The van der Waals surface area contributed by atoms with E-state index in [0.29, 0.717) is 63.4 Å². The summed E-state index contributed by atoms with van der Waals surface area (Å²) in [6.45, 7) is 13.1. The lowest BCUT2D eigenvalue weighted by Gasteiger charge is -2.42. The van der Waals surface area contributed by atoms with Gasteiger partial charge in [-0.2, -0.15) is 0 Å². The Bertz CT molecular complexity index is 1950. The lowest BCUT2D eigenvalue weighted by molar-refractivity contribution is -0.265. The zero-order valence-corrected chi connectivity index (χ0v) is 46.5. The van der Waals surface area contributed by atoms with Gasteiger partial charge in [-0.1, -0.05) is 93.7 Å². The highest BCUT2D eigenvalue weighted by molar-refractivity contribution is 14.1. The minimum atomic E-state index is -2.44. The molecule has 0 aromatic carbocycles. The number of amides is 1. The number of nitrogens with zero attached hydrogens (tertiary/aromatic N) is 1.